The van der Waals surface area contributed by atoms with Gasteiger partial charge in [0.15, 0.2) is 0 Å². The van der Waals surface area contributed by atoms with E-state index in [4.69, 9.17) is 5.73 Å². The molecule has 0 saturated carbocycles. The normalized spacial score (nSPS) is 13.2. The van der Waals surface area contributed by atoms with Crippen LogP contribution in [0.1, 0.15) is 0 Å². The second kappa shape index (κ2) is 3.79. The van der Waals surface area contributed by atoms with Crippen LogP contribution < -0.4 is 5.73 Å². The number of aromatic nitrogens is 3. The lowest BCUT2D eigenvalue weighted by molar-refractivity contribution is -0.287. The summed E-state index contributed by atoms with van der Waals surface area (Å²) in [5.74, 6) is -4.72. The van der Waals surface area contributed by atoms with Gasteiger partial charge in [0, 0.05) is 5.39 Å². The number of halogens is 5. The third kappa shape index (κ3) is 2.07. The van der Waals surface area contributed by atoms with E-state index in [0.717, 1.165) is 12.4 Å². The Bertz CT molecular complexity index is 574. The smallest absolute Gasteiger partial charge is 0.384 e. The minimum atomic E-state index is -5.62. The number of hydrogen-bond acceptors (Lipinski definition) is 3. The molecule has 4 nitrogen and oxygen atoms in total. The molecule has 2 heterocycles. The summed E-state index contributed by atoms with van der Waals surface area (Å²) < 4.78 is 62.5. The Labute approximate surface area is 97.2 Å². The third-order valence-electron chi connectivity index (χ3n) is 2.31. The molecule has 0 spiro atoms. The Morgan fingerprint density at radius 1 is 1.17 bits per heavy atom. The maximum absolute atomic E-state index is 12.9. The van der Waals surface area contributed by atoms with E-state index >= 15 is 0 Å². The van der Waals surface area contributed by atoms with Crippen molar-refractivity contribution in [2.24, 2.45) is 0 Å². The van der Waals surface area contributed by atoms with Crippen molar-refractivity contribution in [3.63, 3.8) is 0 Å². The van der Waals surface area contributed by atoms with Crippen LogP contribution in [0.15, 0.2) is 18.5 Å². The predicted molar refractivity (Wildman–Crippen MR) is 52.9 cm³/mol. The molecule has 0 bridgehead atoms. The monoisotopic (exact) mass is 266 g/mol. The van der Waals surface area contributed by atoms with E-state index in [1.807, 2.05) is 0 Å². The van der Waals surface area contributed by atoms with Crippen LogP contribution in [0.3, 0.4) is 0 Å². The summed E-state index contributed by atoms with van der Waals surface area (Å²) in [5, 5.41) is 3.82. The molecule has 0 atom stereocenters. The summed E-state index contributed by atoms with van der Waals surface area (Å²) in [5.41, 5.74) is 5.42. The van der Waals surface area contributed by atoms with Gasteiger partial charge in [0.1, 0.15) is 12.4 Å². The Kier molecular flexibility index (Phi) is 2.63. The Balaban J connectivity index is 2.39. The number of hydrogen-bond donors (Lipinski definition) is 1. The van der Waals surface area contributed by atoms with Gasteiger partial charge in [-0.1, -0.05) is 0 Å². The van der Waals surface area contributed by atoms with Crippen LogP contribution in [0.4, 0.5) is 27.8 Å². The molecule has 0 aliphatic rings. The maximum Gasteiger partial charge on any atom is 0.455 e. The molecule has 0 radical (unpaired) electrons. The van der Waals surface area contributed by atoms with Gasteiger partial charge in [-0.25, -0.2) is 4.98 Å². The number of anilines is 1. The molecule has 2 rings (SSSR count). The fourth-order valence-electron chi connectivity index (χ4n) is 1.40. The van der Waals surface area contributed by atoms with Crippen LogP contribution in [0.25, 0.3) is 10.9 Å². The van der Waals surface area contributed by atoms with Gasteiger partial charge >= 0.3 is 12.1 Å². The Morgan fingerprint density at radius 3 is 2.44 bits per heavy atom. The summed E-state index contributed by atoms with van der Waals surface area (Å²) in [6, 6.07) is 1.34. The summed E-state index contributed by atoms with van der Waals surface area (Å²) in [4.78, 5) is 3.62. The highest BCUT2D eigenvalue weighted by Crippen LogP contribution is 2.37. The summed E-state index contributed by atoms with van der Waals surface area (Å²) in [6.45, 7) is -1.59. The second-order valence-corrected chi connectivity index (χ2v) is 3.67. The molecule has 0 unspecified atom stereocenters. The quantitative estimate of drug-likeness (QED) is 0.848. The van der Waals surface area contributed by atoms with Gasteiger partial charge in [-0.05, 0) is 6.07 Å². The van der Waals surface area contributed by atoms with E-state index in [9.17, 15) is 22.0 Å². The zero-order chi connectivity index (χ0) is 13.6. The van der Waals surface area contributed by atoms with Gasteiger partial charge in [-0.3, -0.25) is 4.68 Å². The fraction of sp³-hybridized carbons (Fsp3) is 0.333. The molecule has 0 fully saturated rings. The molecule has 0 amide bonds. The van der Waals surface area contributed by atoms with Crippen LogP contribution in [0, 0.1) is 0 Å². The maximum atomic E-state index is 12.9. The number of nitrogen functional groups attached to an aromatic ring is 1. The average molecular weight is 266 g/mol. The van der Waals surface area contributed by atoms with Gasteiger partial charge in [-0.15, -0.1) is 0 Å². The molecule has 0 saturated heterocycles. The minimum Gasteiger partial charge on any atom is -0.384 e. The predicted octanol–water partition coefficient (Wildman–Crippen LogP) is 2.21. The molecule has 98 valence electrons. The summed E-state index contributed by atoms with van der Waals surface area (Å²) in [7, 11) is 0. The first-order chi connectivity index (χ1) is 8.21. The molecule has 0 aliphatic heterocycles. The number of nitrogens with two attached hydrogens (primary N) is 1. The number of fused-ring (bicyclic) bond motifs is 1. The number of rotatable bonds is 2. The van der Waals surface area contributed by atoms with Crippen molar-refractivity contribution in [2.75, 3.05) is 5.73 Å². The Hall–Kier alpha value is -1.93. The first kappa shape index (κ1) is 12.5. The lowest BCUT2D eigenvalue weighted by atomic mass is 10.3. The zero-order valence-corrected chi connectivity index (χ0v) is 8.75. The van der Waals surface area contributed by atoms with Crippen molar-refractivity contribution in [3.05, 3.63) is 18.5 Å². The molecule has 0 aromatic carbocycles. The van der Waals surface area contributed by atoms with Crippen molar-refractivity contribution in [2.45, 2.75) is 18.6 Å². The largest absolute Gasteiger partial charge is 0.455 e. The van der Waals surface area contributed by atoms with E-state index in [1.54, 1.807) is 0 Å². The number of pyridine rings is 1. The highest BCUT2D eigenvalue weighted by Gasteiger charge is 2.57. The number of alkyl halides is 5. The van der Waals surface area contributed by atoms with Crippen molar-refractivity contribution >= 4 is 16.7 Å². The van der Waals surface area contributed by atoms with E-state index in [1.165, 1.54) is 6.07 Å². The van der Waals surface area contributed by atoms with Crippen molar-refractivity contribution in [3.8, 4) is 0 Å². The molecule has 18 heavy (non-hydrogen) atoms. The first-order valence-electron chi connectivity index (χ1n) is 4.72. The lowest BCUT2D eigenvalue weighted by Gasteiger charge is -2.19. The van der Waals surface area contributed by atoms with E-state index in [-0.39, 0.29) is 11.3 Å². The minimum absolute atomic E-state index is 0.0631. The van der Waals surface area contributed by atoms with Crippen molar-refractivity contribution in [1.29, 1.82) is 0 Å². The Morgan fingerprint density at radius 2 is 1.83 bits per heavy atom. The third-order valence-corrected chi connectivity index (χ3v) is 2.31. The number of nitrogens with zero attached hydrogens (tertiary/aromatic N) is 3. The molecule has 0 aliphatic carbocycles. The van der Waals surface area contributed by atoms with Gasteiger partial charge in [0.05, 0.1) is 17.9 Å². The summed E-state index contributed by atoms with van der Waals surface area (Å²) in [6.07, 6.45) is -3.36. The van der Waals surface area contributed by atoms with Gasteiger partial charge in [-0.2, -0.15) is 27.1 Å². The standard InChI is InChI=1S/C9H7F5N4/c10-8(11,9(12,13)14)4-18-6-3-16-7(15)1-5(6)2-17-18/h1-3H,4H2,(H2,15,16). The lowest BCUT2D eigenvalue weighted by Crippen LogP contribution is -2.40. The van der Waals surface area contributed by atoms with Crippen LogP contribution >= 0.6 is 0 Å². The molecular formula is C9H7F5N4. The molecule has 2 N–H and O–H groups in total. The van der Waals surface area contributed by atoms with Gasteiger partial charge < -0.3 is 5.73 Å². The van der Waals surface area contributed by atoms with Gasteiger partial charge in [0.25, 0.3) is 0 Å². The molecular weight excluding hydrogens is 259 g/mol. The van der Waals surface area contributed by atoms with E-state index < -0.39 is 18.6 Å². The van der Waals surface area contributed by atoms with Crippen molar-refractivity contribution in [1.82, 2.24) is 14.8 Å². The highest BCUT2D eigenvalue weighted by atomic mass is 19.4. The highest BCUT2D eigenvalue weighted by molar-refractivity contribution is 5.79. The topological polar surface area (TPSA) is 56.7 Å². The fourth-order valence-corrected chi connectivity index (χ4v) is 1.40. The molecule has 2 aromatic rings. The molecule has 9 heteroatoms. The molecule has 2 aromatic heterocycles. The first-order valence-corrected chi connectivity index (χ1v) is 4.72. The van der Waals surface area contributed by atoms with Crippen LogP contribution in [-0.2, 0) is 6.54 Å². The van der Waals surface area contributed by atoms with Crippen LogP contribution in [-0.4, -0.2) is 26.9 Å². The van der Waals surface area contributed by atoms with Gasteiger partial charge in [0.2, 0.25) is 0 Å². The summed E-state index contributed by atoms with van der Waals surface area (Å²) >= 11 is 0. The van der Waals surface area contributed by atoms with E-state index in [0.29, 0.717) is 10.1 Å². The van der Waals surface area contributed by atoms with E-state index in [2.05, 4.69) is 10.1 Å². The zero-order valence-electron chi connectivity index (χ0n) is 8.75. The SMILES string of the molecule is Nc1cc2cnn(CC(F)(F)C(F)(F)F)c2cn1. The van der Waals surface area contributed by atoms with Crippen LogP contribution in [0.2, 0.25) is 0 Å². The van der Waals surface area contributed by atoms with Crippen LogP contribution in [0.5, 0.6) is 0 Å². The van der Waals surface area contributed by atoms with Crippen molar-refractivity contribution < 1.29 is 22.0 Å². The average Bonchev–Trinajstić information content (AvgIpc) is 2.58. The second-order valence-electron chi connectivity index (χ2n) is 3.67.